The van der Waals surface area contributed by atoms with Gasteiger partial charge >= 0.3 is 0 Å². The Bertz CT molecular complexity index is 587. The van der Waals surface area contributed by atoms with E-state index in [1.165, 1.54) is 37.7 Å². The monoisotopic (exact) mass is 280 g/mol. The maximum atomic E-state index is 4.19. The van der Waals surface area contributed by atoms with Crippen molar-refractivity contribution >= 4 is 0 Å². The highest BCUT2D eigenvalue weighted by atomic mass is 14.6. The quantitative estimate of drug-likeness (QED) is 0.489. The van der Waals surface area contributed by atoms with Gasteiger partial charge in [0.2, 0.25) is 0 Å². The van der Waals surface area contributed by atoms with Crippen LogP contribution in [0.25, 0.3) is 0 Å². The van der Waals surface area contributed by atoms with Crippen molar-refractivity contribution in [3.05, 3.63) is 47.6 Å². The van der Waals surface area contributed by atoms with Gasteiger partial charge in [0, 0.05) is 5.92 Å². The number of allylic oxidation sites excluding steroid dienone is 7. The molecule has 4 aliphatic carbocycles. The van der Waals surface area contributed by atoms with Gasteiger partial charge < -0.3 is 0 Å². The van der Waals surface area contributed by atoms with E-state index >= 15 is 0 Å². The summed E-state index contributed by atoms with van der Waals surface area (Å²) in [5.74, 6) is 2.34. The molecule has 1 fully saturated rings. The fraction of sp³-hybridized carbons (Fsp3) is 0.619. The summed E-state index contributed by atoms with van der Waals surface area (Å²) in [6.45, 7) is 11.7. The Hall–Kier alpha value is -1.04. The first-order valence-corrected chi connectivity index (χ1v) is 8.74. The highest BCUT2D eigenvalue weighted by molar-refractivity contribution is 5.44. The summed E-state index contributed by atoms with van der Waals surface area (Å²) in [6.07, 6.45) is 16.5. The Kier molecular flexibility index (Phi) is 2.75. The summed E-state index contributed by atoms with van der Waals surface area (Å²) in [6, 6.07) is 0. The minimum atomic E-state index is 0.384. The Labute approximate surface area is 129 Å². The lowest BCUT2D eigenvalue weighted by Gasteiger charge is -2.54. The van der Waals surface area contributed by atoms with Crippen LogP contribution in [0.1, 0.15) is 52.9 Å². The average Bonchev–Trinajstić information content (AvgIpc) is 2.76. The van der Waals surface area contributed by atoms with E-state index in [1.54, 1.807) is 11.1 Å². The third-order valence-corrected chi connectivity index (χ3v) is 7.49. The molecule has 0 N–H and O–H groups in total. The summed E-state index contributed by atoms with van der Waals surface area (Å²) in [7, 11) is 0. The summed E-state index contributed by atoms with van der Waals surface area (Å²) in [4.78, 5) is 0. The molecule has 0 amide bonds. The van der Waals surface area contributed by atoms with E-state index in [0.29, 0.717) is 16.7 Å². The Balaban J connectivity index is 1.79. The topological polar surface area (TPSA) is 0 Å². The zero-order valence-corrected chi connectivity index (χ0v) is 13.8. The molecule has 0 heteroatoms. The number of hydrogen-bond donors (Lipinski definition) is 0. The minimum absolute atomic E-state index is 0.384. The van der Waals surface area contributed by atoms with Gasteiger partial charge in [-0.25, -0.2) is 0 Å². The molecule has 0 aromatic carbocycles. The van der Waals surface area contributed by atoms with E-state index in [2.05, 4.69) is 51.7 Å². The van der Waals surface area contributed by atoms with Crippen molar-refractivity contribution in [2.24, 2.45) is 28.6 Å². The predicted molar refractivity (Wildman–Crippen MR) is 89.9 cm³/mol. The lowest BCUT2D eigenvalue weighted by Crippen LogP contribution is -2.45. The van der Waals surface area contributed by atoms with Gasteiger partial charge in [0.25, 0.3) is 0 Å². The van der Waals surface area contributed by atoms with Crippen molar-refractivity contribution < 1.29 is 0 Å². The largest absolute Gasteiger partial charge is 0.0958 e. The molecule has 0 saturated heterocycles. The third kappa shape index (κ3) is 1.68. The third-order valence-electron chi connectivity index (χ3n) is 7.49. The van der Waals surface area contributed by atoms with Gasteiger partial charge in [-0.3, -0.25) is 0 Å². The van der Waals surface area contributed by atoms with E-state index in [-0.39, 0.29) is 0 Å². The maximum Gasteiger partial charge on any atom is 0.00222 e. The van der Waals surface area contributed by atoms with Crippen molar-refractivity contribution in [1.29, 1.82) is 0 Å². The van der Waals surface area contributed by atoms with Crippen LogP contribution in [0, 0.1) is 28.6 Å². The van der Waals surface area contributed by atoms with Gasteiger partial charge in [0.05, 0.1) is 0 Å². The highest BCUT2D eigenvalue weighted by Gasteiger charge is 2.53. The van der Waals surface area contributed by atoms with Crippen LogP contribution in [-0.4, -0.2) is 0 Å². The van der Waals surface area contributed by atoms with Gasteiger partial charge in [-0.2, -0.15) is 0 Å². The highest BCUT2D eigenvalue weighted by Crippen LogP contribution is 2.63. The van der Waals surface area contributed by atoms with Crippen molar-refractivity contribution in [2.45, 2.75) is 52.9 Å². The van der Waals surface area contributed by atoms with Crippen LogP contribution >= 0.6 is 0 Å². The molecule has 4 rings (SSSR count). The predicted octanol–water partition coefficient (Wildman–Crippen LogP) is 5.84. The van der Waals surface area contributed by atoms with E-state index in [0.717, 1.165) is 11.8 Å². The summed E-state index contributed by atoms with van der Waals surface area (Å²) in [5, 5.41) is 0. The summed E-state index contributed by atoms with van der Waals surface area (Å²) >= 11 is 0. The van der Waals surface area contributed by atoms with Gasteiger partial charge in [0.15, 0.2) is 0 Å². The molecular formula is C21H28. The SMILES string of the molecule is C=C1C=C2C=CC3C4=CCC(C)C4(C)CCC3C2(C)CC1. The summed E-state index contributed by atoms with van der Waals surface area (Å²) in [5.41, 5.74) is 5.50. The van der Waals surface area contributed by atoms with Crippen LogP contribution < -0.4 is 0 Å². The fourth-order valence-corrected chi connectivity index (χ4v) is 5.66. The molecule has 0 aromatic rings. The molecule has 112 valence electrons. The molecule has 0 aromatic heterocycles. The first-order chi connectivity index (χ1) is 9.95. The Morgan fingerprint density at radius 1 is 1.19 bits per heavy atom. The van der Waals surface area contributed by atoms with Crippen LogP contribution in [0.5, 0.6) is 0 Å². The second-order valence-corrected chi connectivity index (χ2v) is 8.42. The number of hydrogen-bond acceptors (Lipinski definition) is 0. The minimum Gasteiger partial charge on any atom is -0.0958 e. The molecule has 0 heterocycles. The first kappa shape index (κ1) is 13.6. The number of rotatable bonds is 0. The van der Waals surface area contributed by atoms with Gasteiger partial charge in [-0.15, -0.1) is 0 Å². The van der Waals surface area contributed by atoms with Crippen LogP contribution in [-0.2, 0) is 0 Å². The zero-order valence-electron chi connectivity index (χ0n) is 13.8. The summed E-state index contributed by atoms with van der Waals surface area (Å²) < 4.78 is 0. The van der Waals surface area contributed by atoms with Crippen LogP contribution in [0.4, 0.5) is 0 Å². The normalized spacial score (nSPS) is 48.1. The van der Waals surface area contributed by atoms with E-state index in [4.69, 9.17) is 0 Å². The van der Waals surface area contributed by atoms with Crippen molar-refractivity contribution in [3.63, 3.8) is 0 Å². The zero-order chi connectivity index (χ0) is 14.8. The molecule has 5 atom stereocenters. The molecule has 0 radical (unpaired) electrons. The second-order valence-electron chi connectivity index (χ2n) is 8.42. The van der Waals surface area contributed by atoms with Crippen LogP contribution in [0.15, 0.2) is 47.6 Å². The van der Waals surface area contributed by atoms with Crippen molar-refractivity contribution in [2.75, 3.05) is 0 Å². The van der Waals surface area contributed by atoms with Gasteiger partial charge in [-0.05, 0) is 60.3 Å². The van der Waals surface area contributed by atoms with E-state index in [9.17, 15) is 0 Å². The molecule has 0 spiro atoms. The molecule has 0 aliphatic heterocycles. The second kappa shape index (κ2) is 4.24. The van der Waals surface area contributed by atoms with Crippen LogP contribution in [0.2, 0.25) is 0 Å². The molecule has 1 saturated carbocycles. The molecular weight excluding hydrogens is 252 g/mol. The lowest BCUT2D eigenvalue weighted by molar-refractivity contribution is 0.0850. The van der Waals surface area contributed by atoms with Crippen molar-refractivity contribution in [3.8, 4) is 0 Å². The lowest BCUT2D eigenvalue weighted by atomic mass is 9.50. The van der Waals surface area contributed by atoms with Crippen molar-refractivity contribution in [1.82, 2.24) is 0 Å². The van der Waals surface area contributed by atoms with Crippen LogP contribution in [0.3, 0.4) is 0 Å². The van der Waals surface area contributed by atoms with E-state index < -0.39 is 0 Å². The van der Waals surface area contributed by atoms with Gasteiger partial charge in [-0.1, -0.05) is 62.8 Å². The standard InChI is InChI=1S/C21H28/c1-14-9-11-21(4)16(13-14)6-7-17-18-8-5-15(2)20(18,3)12-10-19(17)21/h6-8,13,15,17,19H,1,5,9-12H2,2-4H3. The molecule has 0 bridgehead atoms. The van der Waals surface area contributed by atoms with E-state index in [1.807, 2.05) is 0 Å². The smallest absolute Gasteiger partial charge is 0.00222 e. The molecule has 4 aliphatic rings. The Morgan fingerprint density at radius 3 is 2.81 bits per heavy atom. The molecule has 0 nitrogen and oxygen atoms in total. The molecule has 5 unspecified atom stereocenters. The first-order valence-electron chi connectivity index (χ1n) is 8.74. The van der Waals surface area contributed by atoms with Gasteiger partial charge in [0.1, 0.15) is 0 Å². The molecule has 21 heavy (non-hydrogen) atoms. The number of fused-ring (bicyclic) bond motifs is 5. The maximum absolute atomic E-state index is 4.19. The Morgan fingerprint density at radius 2 is 2.00 bits per heavy atom. The fourth-order valence-electron chi connectivity index (χ4n) is 5.66. The average molecular weight is 280 g/mol.